The van der Waals surface area contributed by atoms with E-state index in [9.17, 15) is 9.59 Å². The molecule has 1 atom stereocenters. The first-order valence-corrected chi connectivity index (χ1v) is 8.36. The minimum absolute atomic E-state index is 0.186. The van der Waals surface area contributed by atoms with Crippen LogP contribution >= 0.6 is 0 Å². The van der Waals surface area contributed by atoms with Gasteiger partial charge in [-0.1, -0.05) is 30.3 Å². The minimum Gasteiger partial charge on any atom is -0.490 e. The predicted octanol–water partition coefficient (Wildman–Crippen LogP) is 3.61. The topological polar surface area (TPSA) is 55.8 Å². The number of nitrogens with zero attached hydrogens (tertiary/aromatic N) is 1. The average molecular weight is 339 g/mol. The number of hydrogen-bond donors (Lipinski definition) is 0. The van der Waals surface area contributed by atoms with Gasteiger partial charge in [-0.3, -0.25) is 4.90 Å². The molecule has 0 bridgehead atoms. The highest BCUT2D eigenvalue weighted by atomic mass is 16.6. The van der Waals surface area contributed by atoms with E-state index in [0.29, 0.717) is 19.6 Å². The Kier molecular flexibility index (Phi) is 5.33. The summed E-state index contributed by atoms with van der Waals surface area (Å²) in [5.74, 6) is 0.909. The van der Waals surface area contributed by atoms with Crippen LogP contribution in [0, 0.1) is 0 Å². The Morgan fingerprint density at radius 1 is 1.16 bits per heavy atom. The van der Waals surface area contributed by atoms with Crippen LogP contribution in [0.15, 0.2) is 54.6 Å². The summed E-state index contributed by atoms with van der Waals surface area (Å²) >= 11 is 0. The number of anilines is 1. The van der Waals surface area contributed by atoms with E-state index in [2.05, 4.69) is 0 Å². The lowest BCUT2D eigenvalue weighted by Crippen LogP contribution is -2.26. The molecular formula is C20H21NO4. The van der Waals surface area contributed by atoms with Crippen molar-refractivity contribution in [2.24, 2.45) is 0 Å². The van der Waals surface area contributed by atoms with Crippen molar-refractivity contribution in [2.45, 2.75) is 25.9 Å². The Bertz CT molecular complexity index is 727. The summed E-state index contributed by atoms with van der Waals surface area (Å²) in [7, 11) is 0. The SMILES string of the molecule is CC(=O)CCc1ccc(OCC2CN(c3ccccc3)C(=O)O2)cc1. The molecule has 130 valence electrons. The predicted molar refractivity (Wildman–Crippen MR) is 95.0 cm³/mol. The lowest BCUT2D eigenvalue weighted by atomic mass is 10.1. The van der Waals surface area contributed by atoms with Crippen LogP contribution < -0.4 is 9.64 Å². The highest BCUT2D eigenvalue weighted by Crippen LogP contribution is 2.22. The Morgan fingerprint density at radius 3 is 2.56 bits per heavy atom. The van der Waals surface area contributed by atoms with E-state index in [0.717, 1.165) is 23.4 Å². The number of benzene rings is 2. The molecule has 5 nitrogen and oxygen atoms in total. The molecule has 0 aromatic heterocycles. The standard InChI is InChI=1S/C20H21NO4/c1-15(22)7-8-16-9-11-18(12-10-16)24-14-19-13-21(20(23)25-19)17-5-3-2-4-6-17/h2-6,9-12,19H,7-8,13-14H2,1H3. The Balaban J connectivity index is 1.51. The first-order chi connectivity index (χ1) is 12.1. The molecular weight excluding hydrogens is 318 g/mol. The molecule has 1 saturated heterocycles. The third-order valence-corrected chi connectivity index (χ3v) is 4.07. The number of ketones is 1. The van der Waals surface area contributed by atoms with Gasteiger partial charge in [0.25, 0.3) is 0 Å². The maximum atomic E-state index is 12.0. The number of carbonyl (C=O) groups is 2. The van der Waals surface area contributed by atoms with E-state index >= 15 is 0 Å². The molecule has 0 N–H and O–H groups in total. The molecule has 0 saturated carbocycles. The number of aryl methyl sites for hydroxylation is 1. The second kappa shape index (κ2) is 7.83. The molecule has 1 amide bonds. The lowest BCUT2D eigenvalue weighted by molar-refractivity contribution is -0.116. The van der Waals surface area contributed by atoms with E-state index in [1.165, 1.54) is 0 Å². The Labute approximate surface area is 147 Å². The molecule has 3 rings (SSSR count). The van der Waals surface area contributed by atoms with Crippen molar-refractivity contribution in [3.05, 3.63) is 60.2 Å². The molecule has 2 aromatic carbocycles. The van der Waals surface area contributed by atoms with E-state index in [4.69, 9.17) is 9.47 Å². The highest BCUT2D eigenvalue weighted by molar-refractivity contribution is 5.89. The molecule has 1 heterocycles. The monoisotopic (exact) mass is 339 g/mol. The van der Waals surface area contributed by atoms with Gasteiger partial charge in [0.15, 0.2) is 6.10 Å². The zero-order valence-electron chi connectivity index (χ0n) is 14.2. The lowest BCUT2D eigenvalue weighted by Gasteiger charge is -2.13. The van der Waals surface area contributed by atoms with Crippen LogP contribution in [0.1, 0.15) is 18.9 Å². The van der Waals surface area contributed by atoms with Crippen molar-refractivity contribution in [1.29, 1.82) is 0 Å². The van der Waals surface area contributed by atoms with Gasteiger partial charge < -0.3 is 14.3 Å². The van der Waals surface area contributed by atoms with Crippen LogP contribution in [-0.2, 0) is 16.0 Å². The van der Waals surface area contributed by atoms with Gasteiger partial charge in [0.05, 0.1) is 6.54 Å². The highest BCUT2D eigenvalue weighted by Gasteiger charge is 2.32. The second-order valence-corrected chi connectivity index (χ2v) is 6.11. The quantitative estimate of drug-likeness (QED) is 0.773. The zero-order chi connectivity index (χ0) is 17.6. The van der Waals surface area contributed by atoms with E-state index in [1.54, 1.807) is 11.8 Å². The Morgan fingerprint density at radius 2 is 1.88 bits per heavy atom. The largest absolute Gasteiger partial charge is 0.490 e. The number of amides is 1. The number of Topliss-reactive ketones (excluding diaryl/α,β-unsaturated/α-hetero) is 1. The van der Waals surface area contributed by atoms with Crippen molar-refractivity contribution < 1.29 is 19.1 Å². The number of hydrogen-bond acceptors (Lipinski definition) is 4. The summed E-state index contributed by atoms with van der Waals surface area (Å²) in [6, 6.07) is 17.1. The molecule has 1 fully saturated rings. The van der Waals surface area contributed by atoms with Crippen LogP contribution in [-0.4, -0.2) is 31.1 Å². The second-order valence-electron chi connectivity index (χ2n) is 6.11. The van der Waals surface area contributed by atoms with Gasteiger partial charge in [0, 0.05) is 12.1 Å². The third kappa shape index (κ3) is 4.59. The van der Waals surface area contributed by atoms with Gasteiger partial charge in [0.1, 0.15) is 18.1 Å². The normalized spacial score (nSPS) is 16.6. The van der Waals surface area contributed by atoms with Crippen molar-refractivity contribution >= 4 is 17.6 Å². The van der Waals surface area contributed by atoms with Crippen molar-refractivity contribution in [3.8, 4) is 5.75 Å². The molecule has 2 aromatic rings. The smallest absolute Gasteiger partial charge is 0.414 e. The molecule has 1 unspecified atom stereocenters. The Hall–Kier alpha value is -2.82. The third-order valence-electron chi connectivity index (χ3n) is 4.07. The van der Waals surface area contributed by atoms with Crippen LogP contribution in [0.2, 0.25) is 0 Å². The van der Waals surface area contributed by atoms with Crippen LogP contribution in [0.4, 0.5) is 10.5 Å². The van der Waals surface area contributed by atoms with Crippen molar-refractivity contribution in [3.63, 3.8) is 0 Å². The maximum absolute atomic E-state index is 12.0. The molecule has 1 aliphatic heterocycles. The van der Waals surface area contributed by atoms with Gasteiger partial charge >= 0.3 is 6.09 Å². The number of para-hydroxylation sites is 1. The maximum Gasteiger partial charge on any atom is 0.414 e. The molecule has 25 heavy (non-hydrogen) atoms. The summed E-state index contributed by atoms with van der Waals surface area (Å²) in [6.07, 6.45) is 0.639. The number of cyclic esters (lactones) is 1. The van der Waals surface area contributed by atoms with Gasteiger partial charge in [-0.2, -0.15) is 0 Å². The number of ether oxygens (including phenoxy) is 2. The molecule has 0 spiro atoms. The zero-order valence-corrected chi connectivity index (χ0v) is 14.2. The van der Waals surface area contributed by atoms with Crippen LogP contribution in [0.25, 0.3) is 0 Å². The fraction of sp³-hybridized carbons (Fsp3) is 0.300. The molecule has 0 radical (unpaired) electrons. The van der Waals surface area contributed by atoms with Crippen LogP contribution in [0.5, 0.6) is 5.75 Å². The summed E-state index contributed by atoms with van der Waals surface area (Å²) < 4.78 is 11.1. The summed E-state index contributed by atoms with van der Waals surface area (Å²) in [4.78, 5) is 24.6. The molecule has 1 aliphatic rings. The van der Waals surface area contributed by atoms with Gasteiger partial charge in [-0.15, -0.1) is 0 Å². The van der Waals surface area contributed by atoms with E-state index in [-0.39, 0.29) is 18.0 Å². The number of carbonyl (C=O) groups excluding carboxylic acids is 2. The summed E-state index contributed by atoms with van der Waals surface area (Å²) in [5.41, 5.74) is 1.93. The molecule has 0 aliphatic carbocycles. The van der Waals surface area contributed by atoms with Gasteiger partial charge in [-0.25, -0.2) is 4.79 Å². The summed E-state index contributed by atoms with van der Waals surface area (Å²) in [6.45, 7) is 2.38. The van der Waals surface area contributed by atoms with Crippen molar-refractivity contribution in [2.75, 3.05) is 18.1 Å². The fourth-order valence-corrected chi connectivity index (χ4v) is 2.69. The van der Waals surface area contributed by atoms with Crippen LogP contribution in [0.3, 0.4) is 0 Å². The van der Waals surface area contributed by atoms with Gasteiger partial charge in [0.2, 0.25) is 0 Å². The molecule has 5 heteroatoms. The first-order valence-electron chi connectivity index (χ1n) is 8.36. The average Bonchev–Trinajstić information content (AvgIpc) is 3.00. The van der Waals surface area contributed by atoms with Crippen molar-refractivity contribution in [1.82, 2.24) is 0 Å². The minimum atomic E-state index is -0.348. The summed E-state index contributed by atoms with van der Waals surface area (Å²) in [5, 5.41) is 0. The first kappa shape index (κ1) is 17.0. The number of rotatable bonds is 7. The van der Waals surface area contributed by atoms with Gasteiger partial charge in [-0.05, 0) is 43.2 Å². The van der Waals surface area contributed by atoms with E-state index < -0.39 is 0 Å². The van der Waals surface area contributed by atoms with E-state index in [1.807, 2.05) is 54.6 Å². The fourth-order valence-electron chi connectivity index (χ4n) is 2.69.